The van der Waals surface area contributed by atoms with Crippen LogP contribution in [0.25, 0.3) is 0 Å². The first-order valence-corrected chi connectivity index (χ1v) is 11.1. The molecule has 0 fully saturated rings. The van der Waals surface area contributed by atoms with Crippen LogP contribution in [0.2, 0.25) is 0 Å². The summed E-state index contributed by atoms with van der Waals surface area (Å²) in [5.41, 5.74) is -0.0147. The van der Waals surface area contributed by atoms with Crippen LogP contribution >= 0.6 is 0 Å². The van der Waals surface area contributed by atoms with Gasteiger partial charge in [-0.15, -0.1) is 0 Å². The van der Waals surface area contributed by atoms with Gasteiger partial charge in [0.2, 0.25) is 0 Å². The smallest absolute Gasteiger partial charge is 0.434 e. The number of unbranched alkanes of at least 4 members (excludes halogenated alkanes) is 9. The average molecular weight is 381 g/mol. The van der Waals surface area contributed by atoms with Crippen molar-refractivity contribution in [3.05, 3.63) is 24.3 Å². The Morgan fingerprint density at radius 3 is 1.89 bits per heavy atom. The van der Waals surface area contributed by atoms with E-state index in [1.807, 2.05) is 20.8 Å². The Hall–Kier alpha value is -1.25. The lowest BCUT2D eigenvalue weighted by atomic mass is 9.99. The molecular formula is C24H44O3. The van der Waals surface area contributed by atoms with Crippen molar-refractivity contribution < 1.29 is 14.3 Å². The first-order chi connectivity index (χ1) is 13.0. The molecule has 0 aliphatic heterocycles. The number of carbonyl (C=O) groups excluding carboxylic acids is 1. The standard InChI is InChI=1S/C24H44O3/c1-5-6-7-8-9-10-11-12-13-14-15-16-17-18-19-20-21-26-23(25)27-22-24(2,3)4/h9-10,12-13H,5-8,11,14-22H2,1-4H3/b10-9-,13-12-. The minimum atomic E-state index is -0.535. The summed E-state index contributed by atoms with van der Waals surface area (Å²) < 4.78 is 10.1. The summed E-state index contributed by atoms with van der Waals surface area (Å²) in [5.74, 6) is 0. The predicted octanol–water partition coefficient (Wildman–Crippen LogP) is 8.00. The number of hydrogen-bond acceptors (Lipinski definition) is 3. The van der Waals surface area contributed by atoms with Crippen LogP contribution < -0.4 is 0 Å². The topological polar surface area (TPSA) is 35.5 Å². The predicted molar refractivity (Wildman–Crippen MR) is 116 cm³/mol. The maximum absolute atomic E-state index is 11.4. The van der Waals surface area contributed by atoms with E-state index >= 15 is 0 Å². The normalized spacial score (nSPS) is 12.1. The van der Waals surface area contributed by atoms with Crippen molar-refractivity contribution >= 4 is 6.16 Å². The van der Waals surface area contributed by atoms with Crippen LogP contribution in [0.5, 0.6) is 0 Å². The Balaban J connectivity index is 3.29. The van der Waals surface area contributed by atoms with Crippen molar-refractivity contribution in [2.45, 2.75) is 105 Å². The molecule has 0 unspecified atom stereocenters. The summed E-state index contributed by atoms with van der Waals surface area (Å²) in [4.78, 5) is 11.4. The summed E-state index contributed by atoms with van der Waals surface area (Å²) in [6.07, 6.45) is 23.2. The van der Waals surface area contributed by atoms with Crippen LogP contribution in [0.3, 0.4) is 0 Å². The molecule has 0 spiro atoms. The van der Waals surface area contributed by atoms with Crippen LogP contribution in [0, 0.1) is 5.41 Å². The van der Waals surface area contributed by atoms with Crippen molar-refractivity contribution in [3.63, 3.8) is 0 Å². The average Bonchev–Trinajstić information content (AvgIpc) is 2.62. The van der Waals surface area contributed by atoms with Crippen LogP contribution in [-0.2, 0) is 9.47 Å². The molecule has 0 amide bonds. The molecule has 3 nitrogen and oxygen atoms in total. The van der Waals surface area contributed by atoms with E-state index in [4.69, 9.17) is 9.47 Å². The second-order valence-corrected chi connectivity index (χ2v) is 8.53. The minimum absolute atomic E-state index is 0.0147. The summed E-state index contributed by atoms with van der Waals surface area (Å²) in [6.45, 7) is 9.20. The molecule has 0 rings (SSSR count). The highest BCUT2D eigenvalue weighted by Crippen LogP contribution is 2.13. The monoisotopic (exact) mass is 380 g/mol. The zero-order valence-corrected chi connectivity index (χ0v) is 18.4. The van der Waals surface area contributed by atoms with Crippen LogP contribution in [0.1, 0.15) is 105 Å². The lowest BCUT2D eigenvalue weighted by Crippen LogP contribution is -2.19. The zero-order chi connectivity index (χ0) is 20.2. The molecule has 0 saturated heterocycles. The van der Waals surface area contributed by atoms with Crippen molar-refractivity contribution in [1.29, 1.82) is 0 Å². The largest absolute Gasteiger partial charge is 0.508 e. The number of ether oxygens (including phenoxy) is 2. The highest BCUT2D eigenvalue weighted by molar-refractivity contribution is 5.59. The lowest BCUT2D eigenvalue weighted by molar-refractivity contribution is 0.0323. The van der Waals surface area contributed by atoms with Crippen molar-refractivity contribution in [1.82, 2.24) is 0 Å². The zero-order valence-electron chi connectivity index (χ0n) is 18.4. The Labute approximate surface area is 168 Å². The molecule has 158 valence electrons. The van der Waals surface area contributed by atoms with E-state index in [0.29, 0.717) is 13.2 Å². The van der Waals surface area contributed by atoms with Crippen LogP contribution in [-0.4, -0.2) is 19.4 Å². The summed E-state index contributed by atoms with van der Waals surface area (Å²) >= 11 is 0. The lowest BCUT2D eigenvalue weighted by Gasteiger charge is -2.17. The van der Waals surface area contributed by atoms with Crippen LogP contribution in [0.4, 0.5) is 4.79 Å². The van der Waals surface area contributed by atoms with Gasteiger partial charge in [-0.1, -0.05) is 90.5 Å². The molecule has 0 aromatic rings. The second-order valence-electron chi connectivity index (χ2n) is 8.53. The highest BCUT2D eigenvalue weighted by Gasteiger charge is 2.14. The third-order valence-electron chi connectivity index (χ3n) is 4.19. The molecule has 0 aromatic carbocycles. The maximum atomic E-state index is 11.4. The molecule has 0 aliphatic carbocycles. The summed E-state index contributed by atoms with van der Waals surface area (Å²) in [5, 5.41) is 0. The van der Waals surface area contributed by atoms with E-state index in [9.17, 15) is 4.79 Å². The van der Waals surface area contributed by atoms with E-state index in [1.54, 1.807) is 0 Å². The highest BCUT2D eigenvalue weighted by atomic mass is 16.7. The fourth-order valence-electron chi connectivity index (χ4n) is 2.56. The minimum Gasteiger partial charge on any atom is -0.434 e. The van der Waals surface area contributed by atoms with Crippen molar-refractivity contribution in [2.75, 3.05) is 13.2 Å². The molecule has 0 bridgehead atoms. The number of carbonyl (C=O) groups is 1. The fourth-order valence-corrected chi connectivity index (χ4v) is 2.56. The van der Waals surface area contributed by atoms with Crippen molar-refractivity contribution in [2.24, 2.45) is 5.41 Å². The second kappa shape index (κ2) is 18.1. The molecule has 3 heteroatoms. The van der Waals surface area contributed by atoms with E-state index < -0.39 is 6.16 Å². The van der Waals surface area contributed by atoms with Gasteiger partial charge in [0.15, 0.2) is 0 Å². The van der Waals surface area contributed by atoms with Crippen molar-refractivity contribution in [3.8, 4) is 0 Å². The molecule has 27 heavy (non-hydrogen) atoms. The molecule has 0 heterocycles. The van der Waals surface area contributed by atoms with Crippen LogP contribution in [0.15, 0.2) is 24.3 Å². The summed E-state index contributed by atoms with van der Waals surface area (Å²) in [7, 11) is 0. The SMILES string of the molecule is CCCCC/C=C\C/C=C\CCCCCCCCOC(=O)OCC(C)(C)C. The van der Waals surface area contributed by atoms with Gasteiger partial charge in [0, 0.05) is 0 Å². The Bertz CT molecular complexity index is 391. The third-order valence-corrected chi connectivity index (χ3v) is 4.19. The van der Waals surface area contributed by atoms with Gasteiger partial charge < -0.3 is 9.47 Å². The van der Waals surface area contributed by atoms with Gasteiger partial charge in [0.05, 0.1) is 13.2 Å². The quantitative estimate of drug-likeness (QED) is 0.154. The first-order valence-electron chi connectivity index (χ1n) is 11.1. The fraction of sp³-hybridized carbons (Fsp3) is 0.792. The van der Waals surface area contributed by atoms with E-state index in [0.717, 1.165) is 19.3 Å². The van der Waals surface area contributed by atoms with Gasteiger partial charge in [0.25, 0.3) is 0 Å². The molecule has 0 aliphatic rings. The van der Waals surface area contributed by atoms with Gasteiger partial charge in [-0.05, 0) is 43.9 Å². The molecule has 0 N–H and O–H groups in total. The van der Waals surface area contributed by atoms with Gasteiger partial charge in [-0.25, -0.2) is 4.79 Å². The van der Waals surface area contributed by atoms with Gasteiger partial charge in [-0.3, -0.25) is 0 Å². The number of rotatable bonds is 16. The van der Waals surface area contributed by atoms with Gasteiger partial charge in [0.1, 0.15) is 0 Å². The molecular weight excluding hydrogens is 336 g/mol. The Morgan fingerprint density at radius 1 is 0.741 bits per heavy atom. The van der Waals surface area contributed by atoms with E-state index in [-0.39, 0.29) is 5.41 Å². The van der Waals surface area contributed by atoms with Gasteiger partial charge >= 0.3 is 6.16 Å². The van der Waals surface area contributed by atoms with E-state index in [1.165, 1.54) is 57.8 Å². The number of hydrogen-bond donors (Lipinski definition) is 0. The summed E-state index contributed by atoms with van der Waals surface area (Å²) in [6, 6.07) is 0. The Kier molecular flexibility index (Phi) is 17.3. The molecule has 0 aromatic heterocycles. The van der Waals surface area contributed by atoms with E-state index in [2.05, 4.69) is 31.2 Å². The number of allylic oxidation sites excluding steroid dienone is 4. The molecule has 0 saturated carbocycles. The third kappa shape index (κ3) is 22.7. The molecule has 0 radical (unpaired) electrons. The molecule has 0 atom stereocenters. The van der Waals surface area contributed by atoms with Gasteiger partial charge in [-0.2, -0.15) is 0 Å². The first kappa shape index (κ1) is 25.8. The Morgan fingerprint density at radius 2 is 1.30 bits per heavy atom. The maximum Gasteiger partial charge on any atom is 0.508 e.